The number of ketones is 1. The first-order valence-corrected chi connectivity index (χ1v) is 13.8. The second-order valence-electron chi connectivity index (χ2n) is 7.92. The van der Waals surface area contributed by atoms with Crippen LogP contribution in [0, 0.1) is 6.92 Å². The van der Waals surface area contributed by atoms with Gasteiger partial charge in [-0.3, -0.25) is 4.79 Å². The second-order valence-corrected chi connectivity index (χ2v) is 11.1. The van der Waals surface area contributed by atoms with Gasteiger partial charge in [0.15, 0.2) is 15.9 Å². The first-order valence-electron chi connectivity index (χ1n) is 11.2. The summed E-state index contributed by atoms with van der Waals surface area (Å²) in [5.41, 5.74) is 3.78. The summed E-state index contributed by atoms with van der Waals surface area (Å²) in [7, 11) is 0. The van der Waals surface area contributed by atoms with Crippen LogP contribution in [0.2, 0.25) is 0 Å². The van der Waals surface area contributed by atoms with Gasteiger partial charge in [-0.05, 0) is 55.0 Å². The predicted octanol–water partition coefficient (Wildman–Crippen LogP) is 6.99. The molecule has 0 fully saturated rings. The molecular weight excluding hydrogens is 556 g/mol. The Morgan fingerprint density at radius 1 is 1.03 bits per heavy atom. The number of halogens is 1. The number of hydrogen-bond donors (Lipinski definition) is 0. The van der Waals surface area contributed by atoms with Gasteiger partial charge in [-0.25, -0.2) is 0 Å². The van der Waals surface area contributed by atoms with E-state index in [9.17, 15) is 4.79 Å². The van der Waals surface area contributed by atoms with Gasteiger partial charge in [-0.2, -0.15) is 4.52 Å². The zero-order valence-corrected chi connectivity index (χ0v) is 22.5. The summed E-state index contributed by atoms with van der Waals surface area (Å²) in [6, 6.07) is 23.2. The summed E-state index contributed by atoms with van der Waals surface area (Å²) >= 11 is 6.54. The fourth-order valence-electron chi connectivity index (χ4n) is 3.39. The van der Waals surface area contributed by atoms with Crippen molar-refractivity contribution in [2.24, 2.45) is 0 Å². The smallest absolute Gasteiger partial charge is 0.235 e. The van der Waals surface area contributed by atoms with Gasteiger partial charge < -0.3 is 4.74 Å². The van der Waals surface area contributed by atoms with Crippen molar-refractivity contribution in [3.05, 3.63) is 100 Å². The SMILES string of the molecule is Cc1ccc(-c2nnc3sc(SCCOc4ccc(C(=O)/C=C/c5ccc(Br)cc5)cc4)nn23)cc1. The summed E-state index contributed by atoms with van der Waals surface area (Å²) in [5.74, 6) is 2.16. The number of rotatable bonds is 9. The van der Waals surface area contributed by atoms with Gasteiger partial charge in [0.25, 0.3) is 0 Å². The number of carbonyl (C=O) groups excluding carboxylic acids is 1. The van der Waals surface area contributed by atoms with Gasteiger partial charge in [-0.15, -0.1) is 15.3 Å². The Morgan fingerprint density at radius 3 is 2.53 bits per heavy atom. The predicted molar refractivity (Wildman–Crippen MR) is 149 cm³/mol. The fourth-order valence-corrected chi connectivity index (χ4v) is 5.41. The summed E-state index contributed by atoms with van der Waals surface area (Å²) < 4.78 is 9.56. The second kappa shape index (κ2) is 11.2. The molecule has 0 bridgehead atoms. The van der Waals surface area contributed by atoms with E-state index in [0.29, 0.717) is 12.2 Å². The molecule has 3 aromatic carbocycles. The molecule has 0 aliphatic heterocycles. The molecule has 0 saturated carbocycles. The Balaban J connectivity index is 1.12. The van der Waals surface area contributed by atoms with E-state index in [4.69, 9.17) is 4.74 Å². The molecular formula is C27H21BrN4O2S2. The van der Waals surface area contributed by atoms with Gasteiger partial charge in [0.2, 0.25) is 4.96 Å². The number of carbonyl (C=O) groups is 1. The third kappa shape index (κ3) is 5.92. The lowest BCUT2D eigenvalue weighted by Gasteiger charge is -2.05. The maximum absolute atomic E-state index is 12.4. The molecule has 0 aliphatic carbocycles. The Morgan fingerprint density at radius 2 is 1.78 bits per heavy atom. The van der Waals surface area contributed by atoms with Crippen LogP contribution < -0.4 is 4.74 Å². The summed E-state index contributed by atoms with van der Waals surface area (Å²) in [5, 5.41) is 13.2. The Bertz CT molecular complexity index is 1510. The first-order chi connectivity index (χ1) is 17.5. The topological polar surface area (TPSA) is 69.4 Å². The van der Waals surface area contributed by atoms with Crippen LogP contribution in [0.3, 0.4) is 0 Å². The van der Waals surface area contributed by atoms with Gasteiger partial charge in [0.1, 0.15) is 5.75 Å². The lowest BCUT2D eigenvalue weighted by atomic mass is 10.1. The largest absolute Gasteiger partial charge is 0.493 e. The van der Waals surface area contributed by atoms with Crippen LogP contribution in [0.4, 0.5) is 0 Å². The van der Waals surface area contributed by atoms with Gasteiger partial charge >= 0.3 is 0 Å². The van der Waals surface area contributed by atoms with Crippen molar-refractivity contribution in [1.82, 2.24) is 19.8 Å². The van der Waals surface area contributed by atoms with E-state index < -0.39 is 0 Å². The highest BCUT2D eigenvalue weighted by molar-refractivity contribution is 9.10. The highest BCUT2D eigenvalue weighted by atomic mass is 79.9. The molecule has 5 rings (SSSR count). The minimum Gasteiger partial charge on any atom is -0.493 e. The van der Waals surface area contributed by atoms with Crippen molar-refractivity contribution in [2.45, 2.75) is 11.3 Å². The van der Waals surface area contributed by atoms with Gasteiger partial charge in [0, 0.05) is 21.4 Å². The van der Waals surface area contributed by atoms with Gasteiger partial charge in [-0.1, -0.05) is 87.1 Å². The maximum Gasteiger partial charge on any atom is 0.235 e. The summed E-state index contributed by atoms with van der Waals surface area (Å²) in [6.45, 7) is 2.58. The molecule has 9 heteroatoms. The van der Waals surface area contributed by atoms with Crippen LogP contribution >= 0.6 is 39.0 Å². The summed E-state index contributed by atoms with van der Waals surface area (Å²) in [4.78, 5) is 13.2. The molecule has 0 unspecified atom stereocenters. The minimum atomic E-state index is -0.0479. The summed E-state index contributed by atoms with van der Waals surface area (Å²) in [6.07, 6.45) is 3.40. The highest BCUT2D eigenvalue weighted by Gasteiger charge is 2.13. The van der Waals surface area contributed by atoms with E-state index in [2.05, 4.69) is 50.3 Å². The van der Waals surface area contributed by atoms with Crippen LogP contribution in [-0.2, 0) is 0 Å². The van der Waals surface area contributed by atoms with Crippen LogP contribution in [0.1, 0.15) is 21.5 Å². The van der Waals surface area contributed by atoms with E-state index in [1.807, 2.05) is 54.6 Å². The lowest BCUT2D eigenvalue weighted by molar-refractivity contribution is 0.104. The number of nitrogens with zero attached hydrogens (tertiary/aromatic N) is 4. The molecule has 0 radical (unpaired) electrons. The zero-order chi connectivity index (χ0) is 24.9. The third-order valence-corrected chi connectivity index (χ3v) is 7.82. The third-order valence-electron chi connectivity index (χ3n) is 5.30. The number of benzene rings is 3. The number of aryl methyl sites for hydroxylation is 1. The number of fused-ring (bicyclic) bond motifs is 1. The number of aromatic nitrogens is 4. The van der Waals surface area contributed by atoms with Crippen LogP contribution in [0.25, 0.3) is 22.4 Å². The van der Waals surface area contributed by atoms with Crippen LogP contribution in [0.15, 0.2) is 87.7 Å². The fraction of sp³-hybridized carbons (Fsp3) is 0.111. The molecule has 0 atom stereocenters. The maximum atomic E-state index is 12.4. The molecule has 0 N–H and O–H groups in total. The number of ether oxygens (including phenoxy) is 1. The van der Waals surface area contributed by atoms with Crippen molar-refractivity contribution in [1.29, 1.82) is 0 Å². The highest BCUT2D eigenvalue weighted by Crippen LogP contribution is 2.27. The Kier molecular flexibility index (Phi) is 7.60. The molecule has 36 heavy (non-hydrogen) atoms. The number of hydrogen-bond acceptors (Lipinski definition) is 7. The van der Waals surface area contributed by atoms with Crippen LogP contribution in [-0.4, -0.2) is 38.0 Å². The van der Waals surface area contributed by atoms with E-state index >= 15 is 0 Å². The Hall–Kier alpha value is -3.27. The molecule has 5 aromatic rings. The molecule has 0 saturated heterocycles. The normalized spacial score (nSPS) is 11.4. The van der Waals surface area contributed by atoms with Crippen molar-refractivity contribution >= 4 is 55.8 Å². The Labute approximate surface area is 225 Å². The van der Waals surface area contributed by atoms with E-state index in [-0.39, 0.29) is 5.78 Å². The standard InChI is InChI=1S/C27H21BrN4O2S2/c1-18-2-7-21(8-3-18)25-29-30-26-32(25)31-27(36-26)35-17-16-34-23-13-9-20(10-14-23)24(33)15-6-19-4-11-22(28)12-5-19/h2-15H,16-17H2,1H3/b15-6+. The van der Waals surface area contributed by atoms with E-state index in [0.717, 1.165) is 42.2 Å². The number of allylic oxidation sites excluding steroid dienone is 1. The first kappa shape index (κ1) is 24.4. The minimum absolute atomic E-state index is 0.0479. The average molecular weight is 578 g/mol. The molecule has 180 valence electrons. The van der Waals surface area contributed by atoms with Crippen molar-refractivity contribution in [3.63, 3.8) is 0 Å². The van der Waals surface area contributed by atoms with Gasteiger partial charge in [0.05, 0.1) is 6.61 Å². The molecule has 0 spiro atoms. The quantitative estimate of drug-likeness (QED) is 0.0814. The molecule has 6 nitrogen and oxygen atoms in total. The lowest BCUT2D eigenvalue weighted by Crippen LogP contribution is -2.01. The molecule has 2 aromatic heterocycles. The van der Waals surface area contributed by atoms with Crippen molar-refractivity contribution in [3.8, 4) is 17.1 Å². The average Bonchev–Trinajstić information content (AvgIpc) is 3.48. The van der Waals surface area contributed by atoms with Crippen molar-refractivity contribution < 1.29 is 9.53 Å². The molecule has 2 heterocycles. The van der Waals surface area contributed by atoms with Crippen LogP contribution in [0.5, 0.6) is 5.75 Å². The molecule has 0 aliphatic rings. The van der Waals surface area contributed by atoms with E-state index in [1.165, 1.54) is 16.9 Å². The van der Waals surface area contributed by atoms with Crippen molar-refractivity contribution in [2.75, 3.05) is 12.4 Å². The number of thioether (sulfide) groups is 1. The zero-order valence-electron chi connectivity index (χ0n) is 19.3. The monoisotopic (exact) mass is 576 g/mol. The molecule has 0 amide bonds. The van der Waals surface area contributed by atoms with E-state index in [1.54, 1.807) is 34.5 Å².